The van der Waals surface area contributed by atoms with Crippen LogP contribution in [0.5, 0.6) is 0 Å². The molecule has 0 aromatic carbocycles. The van der Waals surface area contributed by atoms with Crippen LogP contribution in [0.15, 0.2) is 11.4 Å². The summed E-state index contributed by atoms with van der Waals surface area (Å²) in [6.45, 7) is 9.14. The van der Waals surface area contributed by atoms with E-state index >= 15 is 0 Å². The first-order valence-electron chi connectivity index (χ1n) is 8.13. The van der Waals surface area contributed by atoms with E-state index in [9.17, 15) is 10.1 Å². The summed E-state index contributed by atoms with van der Waals surface area (Å²) in [4.78, 5) is 23.8. The second-order valence-corrected chi connectivity index (χ2v) is 7.05. The Hall–Kier alpha value is -1.52. The van der Waals surface area contributed by atoms with Crippen LogP contribution in [0.2, 0.25) is 0 Å². The molecule has 1 amide bonds. The molecule has 1 unspecified atom stereocenters. The van der Waals surface area contributed by atoms with Crippen LogP contribution in [0.4, 0.5) is 0 Å². The number of carbonyl (C=O) groups excluding carboxylic acids is 1. The van der Waals surface area contributed by atoms with Crippen molar-refractivity contribution < 1.29 is 4.79 Å². The molecule has 1 aromatic heterocycles. The average molecular weight is 335 g/mol. The van der Waals surface area contributed by atoms with Gasteiger partial charge in [-0.1, -0.05) is 32.5 Å². The van der Waals surface area contributed by atoms with Gasteiger partial charge in [0.1, 0.15) is 6.04 Å². The molecule has 0 bridgehead atoms. The summed E-state index contributed by atoms with van der Waals surface area (Å²) >= 11 is 1.45. The van der Waals surface area contributed by atoms with E-state index in [-0.39, 0.29) is 11.9 Å². The molecule has 6 nitrogen and oxygen atoms in total. The SMILES string of the molecule is CCc1cnc(SCC(=O)N2CCN(C(C#N)C(C)C)CC2)[nH]1. The van der Waals surface area contributed by atoms with Crippen LogP contribution in [0.3, 0.4) is 0 Å². The number of aromatic nitrogens is 2. The van der Waals surface area contributed by atoms with Crippen LogP contribution in [0.1, 0.15) is 26.5 Å². The number of hydrogen-bond acceptors (Lipinski definition) is 5. The lowest BCUT2D eigenvalue weighted by Gasteiger charge is -2.38. The molecular formula is C16H25N5OS. The van der Waals surface area contributed by atoms with E-state index in [4.69, 9.17) is 0 Å². The summed E-state index contributed by atoms with van der Waals surface area (Å²) in [7, 11) is 0. The minimum absolute atomic E-state index is 0.0581. The summed E-state index contributed by atoms with van der Waals surface area (Å²) in [5.41, 5.74) is 1.09. The molecule has 1 N–H and O–H groups in total. The molecule has 0 radical (unpaired) electrons. The smallest absolute Gasteiger partial charge is 0.233 e. The molecule has 0 aliphatic carbocycles. The minimum Gasteiger partial charge on any atom is -0.339 e. The Balaban J connectivity index is 1.78. The topological polar surface area (TPSA) is 76.0 Å². The van der Waals surface area contributed by atoms with Crippen LogP contribution in [0, 0.1) is 17.2 Å². The van der Waals surface area contributed by atoms with Gasteiger partial charge < -0.3 is 9.88 Å². The third kappa shape index (κ3) is 4.72. The summed E-state index contributed by atoms with van der Waals surface area (Å²) in [5, 5.41) is 10.1. The third-order valence-corrected chi connectivity index (χ3v) is 5.01. The maximum Gasteiger partial charge on any atom is 0.233 e. The number of amides is 1. The van der Waals surface area contributed by atoms with E-state index in [0.717, 1.165) is 30.4 Å². The molecule has 126 valence electrons. The fraction of sp³-hybridized carbons (Fsp3) is 0.688. The first-order chi connectivity index (χ1) is 11.0. The standard InChI is InChI=1S/C16H25N5OS/c1-4-13-10-18-16(19-13)23-11-15(22)21-7-5-20(6-8-21)14(9-17)12(2)3/h10,12,14H,4-8,11H2,1-3H3,(H,18,19). The number of hydrogen-bond donors (Lipinski definition) is 1. The molecule has 0 spiro atoms. The van der Waals surface area contributed by atoms with Crippen molar-refractivity contribution in [1.82, 2.24) is 19.8 Å². The van der Waals surface area contributed by atoms with Gasteiger partial charge in [0.05, 0.1) is 11.8 Å². The number of aromatic amines is 1. The van der Waals surface area contributed by atoms with Crippen LogP contribution >= 0.6 is 11.8 Å². The van der Waals surface area contributed by atoms with Crippen molar-refractivity contribution in [1.29, 1.82) is 5.26 Å². The molecule has 0 saturated carbocycles. The van der Waals surface area contributed by atoms with Crippen molar-refractivity contribution in [3.05, 3.63) is 11.9 Å². The fourth-order valence-corrected chi connectivity index (χ4v) is 3.49. The lowest BCUT2D eigenvalue weighted by molar-refractivity contribution is -0.130. The van der Waals surface area contributed by atoms with E-state index in [1.54, 1.807) is 0 Å². The van der Waals surface area contributed by atoms with Crippen LogP contribution < -0.4 is 0 Å². The number of nitrogens with one attached hydrogen (secondary N) is 1. The van der Waals surface area contributed by atoms with Gasteiger partial charge in [-0.3, -0.25) is 9.69 Å². The zero-order valence-electron chi connectivity index (χ0n) is 14.1. The van der Waals surface area contributed by atoms with Crippen LogP contribution in [-0.2, 0) is 11.2 Å². The highest BCUT2D eigenvalue weighted by atomic mass is 32.2. The highest BCUT2D eigenvalue weighted by Gasteiger charge is 2.27. The molecule has 1 aromatic rings. The first-order valence-corrected chi connectivity index (χ1v) is 9.11. The van der Waals surface area contributed by atoms with Crippen molar-refractivity contribution in [3.8, 4) is 6.07 Å². The third-order valence-electron chi connectivity index (χ3n) is 4.14. The van der Waals surface area contributed by atoms with Gasteiger partial charge in [-0.25, -0.2) is 4.98 Å². The van der Waals surface area contributed by atoms with Crippen LogP contribution in [-0.4, -0.2) is 63.6 Å². The summed E-state index contributed by atoms with van der Waals surface area (Å²) in [6.07, 6.45) is 2.74. The Morgan fingerprint density at radius 1 is 1.43 bits per heavy atom. The van der Waals surface area contributed by atoms with Gasteiger partial charge in [-0.05, 0) is 12.3 Å². The number of carbonyl (C=O) groups is 1. The normalized spacial score (nSPS) is 17.3. The monoisotopic (exact) mass is 335 g/mol. The molecule has 2 rings (SSSR count). The number of piperazine rings is 1. The van der Waals surface area contributed by atoms with Gasteiger partial charge in [0.25, 0.3) is 0 Å². The highest BCUT2D eigenvalue weighted by molar-refractivity contribution is 7.99. The Morgan fingerprint density at radius 2 is 2.13 bits per heavy atom. The Labute approximate surface area is 142 Å². The van der Waals surface area contributed by atoms with Crippen molar-refractivity contribution in [2.75, 3.05) is 31.9 Å². The summed E-state index contributed by atoms with van der Waals surface area (Å²) in [6, 6.07) is 2.32. The number of aryl methyl sites for hydroxylation is 1. The molecule has 1 atom stereocenters. The maximum absolute atomic E-state index is 12.3. The van der Waals surface area contributed by atoms with Gasteiger partial charge >= 0.3 is 0 Å². The molecule has 1 fully saturated rings. The van der Waals surface area contributed by atoms with E-state index in [1.165, 1.54) is 11.8 Å². The Kier molecular flexibility index (Phi) is 6.48. The van der Waals surface area contributed by atoms with Crippen LogP contribution in [0.25, 0.3) is 0 Å². The summed E-state index contributed by atoms with van der Waals surface area (Å²) < 4.78 is 0. The number of rotatable bonds is 6. The zero-order chi connectivity index (χ0) is 16.8. The van der Waals surface area contributed by atoms with Gasteiger partial charge in [0, 0.05) is 38.1 Å². The molecule has 1 saturated heterocycles. The van der Waals surface area contributed by atoms with E-state index in [0.29, 0.717) is 24.8 Å². The van der Waals surface area contributed by atoms with Crippen molar-refractivity contribution in [2.24, 2.45) is 5.92 Å². The second-order valence-electron chi connectivity index (χ2n) is 6.09. The predicted molar refractivity (Wildman–Crippen MR) is 91.1 cm³/mol. The highest BCUT2D eigenvalue weighted by Crippen LogP contribution is 2.17. The lowest BCUT2D eigenvalue weighted by Crippen LogP contribution is -2.53. The fourth-order valence-electron chi connectivity index (χ4n) is 2.71. The zero-order valence-corrected chi connectivity index (χ0v) is 14.9. The molecule has 1 aliphatic heterocycles. The van der Waals surface area contributed by atoms with Gasteiger partial charge in [0.2, 0.25) is 5.91 Å². The molecule has 2 heterocycles. The predicted octanol–water partition coefficient (Wildman–Crippen LogP) is 1.76. The number of H-pyrrole nitrogens is 1. The number of nitriles is 1. The van der Waals surface area contributed by atoms with Gasteiger partial charge in [-0.2, -0.15) is 5.26 Å². The number of imidazole rings is 1. The molecule has 23 heavy (non-hydrogen) atoms. The quantitative estimate of drug-likeness (QED) is 0.802. The maximum atomic E-state index is 12.3. The van der Waals surface area contributed by atoms with Crippen molar-refractivity contribution >= 4 is 17.7 Å². The van der Waals surface area contributed by atoms with E-state index in [2.05, 4.69) is 41.7 Å². The Bertz CT molecular complexity index is 557. The van der Waals surface area contributed by atoms with Crippen molar-refractivity contribution in [2.45, 2.75) is 38.4 Å². The average Bonchev–Trinajstić information content (AvgIpc) is 3.01. The summed E-state index contributed by atoms with van der Waals surface area (Å²) in [5.74, 6) is 0.856. The van der Waals surface area contributed by atoms with E-state index < -0.39 is 0 Å². The molecule has 7 heteroatoms. The molecule has 1 aliphatic rings. The minimum atomic E-state index is -0.0581. The molecular weight excluding hydrogens is 310 g/mol. The Morgan fingerprint density at radius 3 is 2.65 bits per heavy atom. The number of thioether (sulfide) groups is 1. The largest absolute Gasteiger partial charge is 0.339 e. The van der Waals surface area contributed by atoms with Crippen molar-refractivity contribution in [3.63, 3.8) is 0 Å². The first kappa shape index (κ1) is 17.8. The van der Waals surface area contributed by atoms with Gasteiger partial charge in [0.15, 0.2) is 5.16 Å². The second kappa shape index (κ2) is 8.37. The van der Waals surface area contributed by atoms with Gasteiger partial charge in [-0.15, -0.1) is 0 Å². The van der Waals surface area contributed by atoms with E-state index in [1.807, 2.05) is 11.1 Å². The lowest BCUT2D eigenvalue weighted by atomic mass is 10.0. The number of nitrogens with zero attached hydrogens (tertiary/aromatic N) is 4.